The highest BCUT2D eigenvalue weighted by atomic mass is 32.2. The molecule has 1 heterocycles. The number of aromatic nitrogens is 1. The van der Waals surface area contributed by atoms with Crippen molar-refractivity contribution in [2.24, 2.45) is 0 Å². The van der Waals surface area contributed by atoms with Gasteiger partial charge in [-0.25, -0.2) is 0 Å². The van der Waals surface area contributed by atoms with E-state index in [9.17, 15) is 9.90 Å². The van der Waals surface area contributed by atoms with E-state index in [0.717, 1.165) is 40.5 Å². The van der Waals surface area contributed by atoms with Gasteiger partial charge in [-0.15, -0.1) is 11.8 Å². The molecule has 0 fully saturated rings. The van der Waals surface area contributed by atoms with E-state index in [1.165, 1.54) is 4.90 Å². The fourth-order valence-corrected chi connectivity index (χ4v) is 4.71. The first-order valence-corrected chi connectivity index (χ1v) is 11.3. The zero-order valence-electron chi connectivity index (χ0n) is 16.3. The third-order valence-electron chi connectivity index (χ3n) is 4.28. The Morgan fingerprint density at radius 1 is 1.15 bits per heavy atom. The molecule has 0 aliphatic rings. The zero-order valence-corrected chi connectivity index (χ0v) is 17.9. The van der Waals surface area contributed by atoms with Crippen LogP contribution in [-0.4, -0.2) is 51.7 Å². The minimum atomic E-state index is 0.191. The predicted octanol–water partition coefficient (Wildman–Crippen LogP) is 4.32. The average molecular weight is 405 g/mol. The van der Waals surface area contributed by atoms with Crippen LogP contribution in [0.25, 0.3) is 0 Å². The summed E-state index contributed by atoms with van der Waals surface area (Å²) >= 11 is 3.61. The van der Waals surface area contributed by atoms with Crippen molar-refractivity contribution >= 4 is 29.4 Å². The molecular formula is C21H28N2O2S2. The molecule has 0 aliphatic carbocycles. The standard InChI is InChI=1S/C21H28N2O2S2/c1-16-14-19(15-17(2)21(16)25)27-13-12-26-11-8-20(24)23(3)10-7-18-6-4-5-9-22-18/h4-6,9,14-15,25H,7-8,10-13H2,1-3H3. The molecule has 1 amide bonds. The number of likely N-dealkylation sites (N-methyl/N-ethyl adjacent to an activating group) is 1. The second-order valence-electron chi connectivity index (χ2n) is 6.50. The van der Waals surface area contributed by atoms with Gasteiger partial charge in [0, 0.05) is 60.5 Å². The minimum Gasteiger partial charge on any atom is -0.507 e. The normalized spacial score (nSPS) is 10.8. The van der Waals surface area contributed by atoms with Crippen molar-refractivity contribution in [2.75, 3.05) is 30.9 Å². The third-order valence-corrected chi connectivity index (χ3v) is 6.50. The Bertz CT molecular complexity index is 715. The number of amides is 1. The first kappa shape index (κ1) is 21.6. The van der Waals surface area contributed by atoms with Crippen molar-refractivity contribution in [3.05, 3.63) is 53.3 Å². The second-order valence-corrected chi connectivity index (χ2v) is 8.90. The van der Waals surface area contributed by atoms with Gasteiger partial charge in [0.25, 0.3) is 0 Å². The number of carbonyl (C=O) groups excluding carboxylic acids is 1. The smallest absolute Gasteiger partial charge is 0.223 e. The molecule has 0 atom stereocenters. The van der Waals surface area contributed by atoms with Crippen LogP contribution in [0.4, 0.5) is 0 Å². The zero-order chi connectivity index (χ0) is 19.6. The van der Waals surface area contributed by atoms with Gasteiger partial charge in [-0.2, -0.15) is 11.8 Å². The Kier molecular flexibility index (Phi) is 9.01. The Hall–Kier alpha value is -1.66. The minimum absolute atomic E-state index is 0.191. The number of carbonyl (C=O) groups is 1. The Labute approximate surface area is 170 Å². The maximum absolute atomic E-state index is 12.2. The molecule has 2 rings (SSSR count). The van der Waals surface area contributed by atoms with E-state index in [2.05, 4.69) is 4.98 Å². The van der Waals surface area contributed by atoms with Crippen LogP contribution < -0.4 is 0 Å². The van der Waals surface area contributed by atoms with Crippen LogP contribution in [0.1, 0.15) is 23.2 Å². The summed E-state index contributed by atoms with van der Waals surface area (Å²) in [6, 6.07) is 9.91. The molecule has 0 radical (unpaired) electrons. The van der Waals surface area contributed by atoms with Gasteiger partial charge >= 0.3 is 0 Å². The summed E-state index contributed by atoms with van der Waals surface area (Å²) in [6.45, 7) is 4.56. The Morgan fingerprint density at radius 3 is 2.56 bits per heavy atom. The van der Waals surface area contributed by atoms with Crippen molar-refractivity contribution in [2.45, 2.75) is 31.6 Å². The molecule has 0 saturated carbocycles. The molecule has 6 heteroatoms. The van der Waals surface area contributed by atoms with Crippen molar-refractivity contribution in [3.63, 3.8) is 0 Å². The summed E-state index contributed by atoms with van der Waals surface area (Å²) in [5.41, 5.74) is 2.86. The lowest BCUT2D eigenvalue weighted by Crippen LogP contribution is -2.29. The number of hydrogen-bond acceptors (Lipinski definition) is 5. The highest BCUT2D eigenvalue weighted by molar-refractivity contribution is 8.02. The highest BCUT2D eigenvalue weighted by Crippen LogP contribution is 2.28. The number of rotatable bonds is 10. The maximum Gasteiger partial charge on any atom is 0.223 e. The first-order valence-electron chi connectivity index (χ1n) is 9.12. The van der Waals surface area contributed by atoms with Crippen LogP contribution in [0.5, 0.6) is 5.75 Å². The van der Waals surface area contributed by atoms with Crippen LogP contribution in [0.15, 0.2) is 41.4 Å². The van der Waals surface area contributed by atoms with E-state index in [0.29, 0.717) is 18.7 Å². The summed E-state index contributed by atoms with van der Waals surface area (Å²) in [6.07, 6.45) is 3.15. The number of nitrogens with zero attached hydrogens (tertiary/aromatic N) is 2. The van der Waals surface area contributed by atoms with Gasteiger partial charge in [-0.3, -0.25) is 9.78 Å². The van der Waals surface area contributed by atoms with Crippen molar-refractivity contribution < 1.29 is 9.90 Å². The predicted molar refractivity (Wildman–Crippen MR) is 116 cm³/mol. The summed E-state index contributed by atoms with van der Waals surface area (Å²) in [5, 5.41) is 9.82. The largest absolute Gasteiger partial charge is 0.507 e. The van der Waals surface area contributed by atoms with E-state index < -0.39 is 0 Å². The Balaban J connectivity index is 1.58. The summed E-state index contributed by atoms with van der Waals surface area (Å²) < 4.78 is 0. The van der Waals surface area contributed by atoms with Crippen LogP contribution in [0, 0.1) is 13.8 Å². The monoisotopic (exact) mass is 404 g/mol. The molecule has 0 saturated heterocycles. The molecule has 0 spiro atoms. The van der Waals surface area contributed by atoms with E-state index in [1.54, 1.807) is 22.9 Å². The second kappa shape index (κ2) is 11.2. The number of aryl methyl sites for hydroxylation is 2. The van der Waals surface area contributed by atoms with Crippen LogP contribution in [0.2, 0.25) is 0 Å². The summed E-state index contributed by atoms with van der Waals surface area (Å²) in [5.74, 6) is 3.43. The van der Waals surface area contributed by atoms with E-state index in [-0.39, 0.29) is 5.91 Å². The first-order chi connectivity index (χ1) is 13.0. The Morgan fingerprint density at radius 2 is 1.89 bits per heavy atom. The lowest BCUT2D eigenvalue weighted by atomic mass is 10.1. The topological polar surface area (TPSA) is 53.4 Å². The third kappa shape index (κ3) is 7.46. The number of phenols is 1. The van der Waals surface area contributed by atoms with Gasteiger partial charge in [-0.05, 0) is 49.2 Å². The molecule has 4 nitrogen and oxygen atoms in total. The lowest BCUT2D eigenvalue weighted by molar-refractivity contribution is -0.129. The van der Waals surface area contributed by atoms with Gasteiger partial charge in [-0.1, -0.05) is 6.07 Å². The molecule has 1 aromatic heterocycles. The molecule has 146 valence electrons. The van der Waals surface area contributed by atoms with Gasteiger partial charge in [0.2, 0.25) is 5.91 Å². The number of phenolic OH excluding ortho intramolecular Hbond substituents is 1. The summed E-state index contributed by atoms with van der Waals surface area (Å²) in [7, 11) is 1.86. The van der Waals surface area contributed by atoms with E-state index >= 15 is 0 Å². The molecule has 27 heavy (non-hydrogen) atoms. The van der Waals surface area contributed by atoms with E-state index in [1.807, 2.05) is 63.0 Å². The fourth-order valence-electron chi connectivity index (χ4n) is 2.62. The molecule has 0 aliphatic heterocycles. The van der Waals surface area contributed by atoms with Crippen molar-refractivity contribution in [1.82, 2.24) is 9.88 Å². The quantitative estimate of drug-likeness (QED) is 0.472. The van der Waals surface area contributed by atoms with Crippen LogP contribution in [-0.2, 0) is 11.2 Å². The maximum atomic E-state index is 12.2. The van der Waals surface area contributed by atoms with Gasteiger partial charge in [0.1, 0.15) is 5.75 Å². The summed E-state index contributed by atoms with van der Waals surface area (Å²) in [4.78, 5) is 19.5. The molecule has 0 bridgehead atoms. The fraction of sp³-hybridized carbons (Fsp3) is 0.429. The van der Waals surface area contributed by atoms with Gasteiger partial charge in [0.05, 0.1) is 0 Å². The molecule has 1 aromatic carbocycles. The van der Waals surface area contributed by atoms with Gasteiger partial charge in [0.15, 0.2) is 0 Å². The van der Waals surface area contributed by atoms with Crippen molar-refractivity contribution in [1.29, 1.82) is 0 Å². The highest BCUT2D eigenvalue weighted by Gasteiger charge is 2.09. The number of pyridine rings is 1. The number of thioether (sulfide) groups is 2. The molecule has 2 aromatic rings. The van der Waals surface area contributed by atoms with Crippen LogP contribution >= 0.6 is 23.5 Å². The number of hydrogen-bond donors (Lipinski definition) is 1. The van der Waals surface area contributed by atoms with Crippen LogP contribution in [0.3, 0.4) is 0 Å². The SMILES string of the molecule is Cc1cc(SCCSCCC(=O)N(C)CCc2ccccn2)cc(C)c1O. The van der Waals surface area contributed by atoms with E-state index in [4.69, 9.17) is 0 Å². The van der Waals surface area contributed by atoms with Gasteiger partial charge < -0.3 is 10.0 Å². The number of aromatic hydroxyl groups is 1. The lowest BCUT2D eigenvalue weighted by Gasteiger charge is -2.16. The van der Waals surface area contributed by atoms with Crippen molar-refractivity contribution in [3.8, 4) is 5.75 Å². The molecular weight excluding hydrogens is 376 g/mol. The number of benzene rings is 1. The molecule has 0 unspecified atom stereocenters. The average Bonchev–Trinajstić information content (AvgIpc) is 2.67. The molecule has 1 N–H and O–H groups in total.